The Hall–Kier alpha value is -2.62. The molecule has 0 atom stereocenters. The number of nitrogens with one attached hydrogen (secondary N) is 1. The van der Waals surface area contributed by atoms with Gasteiger partial charge in [0, 0.05) is 10.8 Å². The molecule has 0 fully saturated rings. The number of benzene rings is 2. The molecule has 0 radical (unpaired) electrons. The molecular weight excluding hydrogens is 254 g/mol. The third-order valence-corrected chi connectivity index (χ3v) is 3.57. The quantitative estimate of drug-likeness (QED) is 0.701. The maximum atomic E-state index is 12.5. The van der Waals surface area contributed by atoms with Gasteiger partial charge in [0.1, 0.15) is 0 Å². The molecule has 0 aliphatic carbocycles. The molecule has 4 heteroatoms. The van der Waals surface area contributed by atoms with Crippen molar-refractivity contribution in [3.63, 3.8) is 0 Å². The number of rotatable bonds is 2. The molecule has 2 aromatic carbocycles. The van der Waals surface area contributed by atoms with E-state index in [9.17, 15) is 14.7 Å². The third kappa shape index (κ3) is 1.69. The average molecular weight is 267 g/mol. The van der Waals surface area contributed by atoms with E-state index in [2.05, 4.69) is 4.98 Å². The molecule has 1 heterocycles. The van der Waals surface area contributed by atoms with Crippen molar-refractivity contribution in [2.75, 3.05) is 0 Å². The lowest BCUT2D eigenvalue weighted by molar-refractivity contribution is 0.0699. The second-order valence-electron chi connectivity index (χ2n) is 4.68. The van der Waals surface area contributed by atoms with Crippen LogP contribution >= 0.6 is 0 Å². The minimum Gasteiger partial charge on any atom is -0.478 e. The van der Waals surface area contributed by atoms with Gasteiger partial charge in [-0.25, -0.2) is 4.79 Å². The Labute approximate surface area is 114 Å². The first-order chi connectivity index (χ1) is 9.63. The lowest BCUT2D eigenvalue weighted by Gasteiger charge is -2.08. The van der Waals surface area contributed by atoms with Crippen molar-refractivity contribution in [1.82, 2.24) is 4.98 Å². The average Bonchev–Trinajstić information content (AvgIpc) is 2.46. The zero-order valence-electron chi connectivity index (χ0n) is 10.9. The van der Waals surface area contributed by atoms with Gasteiger partial charge in [-0.2, -0.15) is 0 Å². The van der Waals surface area contributed by atoms with Crippen molar-refractivity contribution in [3.8, 4) is 0 Å². The Morgan fingerprint density at radius 2 is 1.75 bits per heavy atom. The van der Waals surface area contributed by atoms with Crippen LogP contribution in [0, 0.1) is 0 Å². The van der Waals surface area contributed by atoms with Gasteiger partial charge in [-0.3, -0.25) is 4.79 Å². The normalized spacial score (nSPS) is 11.1. The number of hydrogen-bond donors (Lipinski definition) is 2. The summed E-state index contributed by atoms with van der Waals surface area (Å²) in [5.41, 5.74) is 2.10. The molecule has 3 aromatic rings. The lowest BCUT2D eigenvalue weighted by Crippen LogP contribution is -2.09. The van der Waals surface area contributed by atoms with Crippen molar-refractivity contribution in [2.45, 2.75) is 13.3 Å². The van der Waals surface area contributed by atoms with Gasteiger partial charge in [0.2, 0.25) is 0 Å². The van der Waals surface area contributed by atoms with Gasteiger partial charge in [0.15, 0.2) is 5.43 Å². The van der Waals surface area contributed by atoms with E-state index in [1.54, 1.807) is 18.2 Å². The number of carboxylic acids is 1. The van der Waals surface area contributed by atoms with E-state index in [0.717, 1.165) is 17.5 Å². The van der Waals surface area contributed by atoms with Gasteiger partial charge in [0.25, 0.3) is 0 Å². The summed E-state index contributed by atoms with van der Waals surface area (Å²) in [7, 11) is 0. The molecule has 0 amide bonds. The van der Waals surface area contributed by atoms with Crippen LogP contribution in [-0.2, 0) is 6.42 Å². The first kappa shape index (κ1) is 12.4. The molecule has 3 rings (SSSR count). The highest BCUT2D eigenvalue weighted by Gasteiger charge is 2.13. The van der Waals surface area contributed by atoms with E-state index in [4.69, 9.17) is 0 Å². The summed E-state index contributed by atoms with van der Waals surface area (Å²) in [6, 6.07) is 10.3. The maximum absolute atomic E-state index is 12.5. The molecule has 2 N–H and O–H groups in total. The van der Waals surface area contributed by atoms with E-state index < -0.39 is 5.97 Å². The SMILES string of the molecule is CCc1cccc2c(=O)c3cccc(C(=O)O)c3[nH]c12. The van der Waals surface area contributed by atoms with Crippen molar-refractivity contribution in [3.05, 3.63) is 57.7 Å². The zero-order chi connectivity index (χ0) is 14.3. The summed E-state index contributed by atoms with van der Waals surface area (Å²) >= 11 is 0. The van der Waals surface area contributed by atoms with E-state index in [0.29, 0.717) is 16.3 Å². The summed E-state index contributed by atoms with van der Waals surface area (Å²) in [4.78, 5) is 27.0. The van der Waals surface area contributed by atoms with Crippen molar-refractivity contribution >= 4 is 27.8 Å². The number of H-pyrrole nitrogens is 1. The standard InChI is InChI=1S/C16H13NO3/c1-2-9-5-3-6-10-13(9)17-14-11(15(10)18)7-4-8-12(14)16(19)20/h3-8H,2H2,1H3,(H,17,18)(H,19,20). The van der Waals surface area contributed by atoms with Crippen LogP contribution in [0.5, 0.6) is 0 Å². The van der Waals surface area contributed by atoms with Crippen LogP contribution in [-0.4, -0.2) is 16.1 Å². The van der Waals surface area contributed by atoms with Crippen molar-refractivity contribution in [1.29, 1.82) is 0 Å². The number of para-hydroxylation sites is 2. The highest BCUT2D eigenvalue weighted by atomic mass is 16.4. The van der Waals surface area contributed by atoms with E-state index in [1.807, 2.05) is 19.1 Å². The molecule has 1 aromatic heterocycles. The van der Waals surface area contributed by atoms with Gasteiger partial charge in [-0.15, -0.1) is 0 Å². The van der Waals surface area contributed by atoms with Gasteiger partial charge in [0.05, 0.1) is 16.6 Å². The Bertz CT molecular complexity index is 893. The fraction of sp³-hybridized carbons (Fsp3) is 0.125. The van der Waals surface area contributed by atoms with Crippen LogP contribution in [0.2, 0.25) is 0 Å². The molecular formula is C16H13NO3. The summed E-state index contributed by atoms with van der Waals surface area (Å²) in [6.45, 7) is 2.00. The van der Waals surface area contributed by atoms with Crippen LogP contribution < -0.4 is 5.43 Å². The van der Waals surface area contributed by atoms with Crippen LogP contribution in [0.25, 0.3) is 21.8 Å². The van der Waals surface area contributed by atoms with Crippen LogP contribution in [0.3, 0.4) is 0 Å². The predicted molar refractivity (Wildman–Crippen MR) is 78.4 cm³/mol. The van der Waals surface area contributed by atoms with E-state index in [-0.39, 0.29) is 11.0 Å². The molecule has 4 nitrogen and oxygen atoms in total. The summed E-state index contributed by atoms with van der Waals surface area (Å²) in [5.74, 6) is -1.04. The number of aryl methyl sites for hydroxylation is 1. The first-order valence-electron chi connectivity index (χ1n) is 6.43. The Morgan fingerprint density at radius 1 is 1.10 bits per heavy atom. The Balaban J connectivity index is 2.58. The number of aromatic carboxylic acids is 1. The number of hydrogen-bond acceptors (Lipinski definition) is 2. The molecule has 0 aliphatic rings. The first-order valence-corrected chi connectivity index (χ1v) is 6.43. The number of carbonyl (C=O) groups is 1. The second kappa shape index (κ2) is 4.49. The van der Waals surface area contributed by atoms with Crippen LogP contribution in [0.15, 0.2) is 41.2 Å². The predicted octanol–water partition coefficient (Wildman–Crippen LogP) is 2.94. The molecule has 0 bridgehead atoms. The fourth-order valence-electron chi connectivity index (χ4n) is 2.56. The molecule has 0 spiro atoms. The van der Waals surface area contributed by atoms with E-state index >= 15 is 0 Å². The topological polar surface area (TPSA) is 70.2 Å². The molecule has 0 unspecified atom stereocenters. The number of aromatic nitrogens is 1. The minimum atomic E-state index is -1.04. The zero-order valence-corrected chi connectivity index (χ0v) is 10.9. The van der Waals surface area contributed by atoms with Crippen molar-refractivity contribution < 1.29 is 9.90 Å². The largest absolute Gasteiger partial charge is 0.478 e. The van der Waals surface area contributed by atoms with Gasteiger partial charge < -0.3 is 10.1 Å². The fourth-order valence-corrected chi connectivity index (χ4v) is 2.56. The third-order valence-electron chi connectivity index (χ3n) is 3.57. The van der Waals surface area contributed by atoms with Gasteiger partial charge in [-0.05, 0) is 30.2 Å². The highest BCUT2D eigenvalue weighted by molar-refractivity contribution is 6.05. The number of aromatic amines is 1. The lowest BCUT2D eigenvalue weighted by atomic mass is 10.0. The van der Waals surface area contributed by atoms with Gasteiger partial charge in [-0.1, -0.05) is 25.1 Å². The second-order valence-corrected chi connectivity index (χ2v) is 4.68. The summed E-state index contributed by atoms with van der Waals surface area (Å²) < 4.78 is 0. The maximum Gasteiger partial charge on any atom is 0.337 e. The van der Waals surface area contributed by atoms with Gasteiger partial charge >= 0.3 is 5.97 Å². The summed E-state index contributed by atoms with van der Waals surface area (Å²) in [5, 5.41) is 10.3. The summed E-state index contributed by atoms with van der Waals surface area (Å²) in [6.07, 6.45) is 0.772. The number of pyridine rings is 1. The van der Waals surface area contributed by atoms with E-state index in [1.165, 1.54) is 6.07 Å². The molecule has 0 saturated heterocycles. The smallest absolute Gasteiger partial charge is 0.337 e. The minimum absolute atomic E-state index is 0.118. The van der Waals surface area contributed by atoms with Crippen LogP contribution in [0.1, 0.15) is 22.8 Å². The number of fused-ring (bicyclic) bond motifs is 2. The Morgan fingerprint density at radius 3 is 2.40 bits per heavy atom. The van der Waals surface area contributed by atoms with Crippen molar-refractivity contribution in [2.24, 2.45) is 0 Å². The monoisotopic (exact) mass is 267 g/mol. The molecule has 100 valence electrons. The number of carboxylic acid groups (broad SMARTS) is 1. The highest BCUT2D eigenvalue weighted by Crippen LogP contribution is 2.21. The van der Waals surface area contributed by atoms with Crippen LogP contribution in [0.4, 0.5) is 0 Å². The molecule has 0 aliphatic heterocycles. The molecule has 0 saturated carbocycles. The molecule has 20 heavy (non-hydrogen) atoms. The Kier molecular flexibility index (Phi) is 2.79.